The maximum Gasteiger partial charge on any atom is 0.304 e. The highest BCUT2D eigenvalue weighted by atomic mass is 32.2. The molecule has 0 aliphatic carbocycles. The van der Waals surface area contributed by atoms with Gasteiger partial charge in [-0.1, -0.05) is 31.1 Å². The van der Waals surface area contributed by atoms with Gasteiger partial charge in [-0.15, -0.1) is 0 Å². The molecule has 1 aromatic rings. The summed E-state index contributed by atoms with van der Waals surface area (Å²) in [6.07, 6.45) is 4.35. The SMILES string of the molecule is CCCCCC[S+]([O-])c1nc(N)c(C#N)s1. The van der Waals surface area contributed by atoms with Gasteiger partial charge in [0.2, 0.25) is 0 Å². The van der Waals surface area contributed by atoms with Crippen LogP contribution in [0.5, 0.6) is 0 Å². The molecule has 6 heteroatoms. The Balaban J connectivity index is 2.47. The first-order valence-corrected chi connectivity index (χ1v) is 7.37. The lowest BCUT2D eigenvalue weighted by molar-refractivity contribution is 0.587. The normalized spacial score (nSPS) is 12.3. The van der Waals surface area contributed by atoms with Crippen molar-refractivity contribution in [1.82, 2.24) is 4.98 Å². The predicted octanol–water partition coefficient (Wildman–Crippen LogP) is 2.28. The summed E-state index contributed by atoms with van der Waals surface area (Å²) in [5, 5.41) is 8.70. The molecule has 0 saturated heterocycles. The minimum atomic E-state index is -1.10. The standard InChI is InChI=1S/C10H15N3OS2/c1-2-3-4-5-6-16(14)10-13-9(12)8(7-11)15-10/h2-6,12H2,1H3. The topological polar surface area (TPSA) is 85.8 Å². The Bertz CT molecular complexity index is 373. The Labute approximate surface area is 103 Å². The van der Waals surface area contributed by atoms with Crippen molar-refractivity contribution in [3.63, 3.8) is 0 Å². The van der Waals surface area contributed by atoms with E-state index in [1.807, 2.05) is 6.07 Å². The molecule has 0 saturated carbocycles. The third kappa shape index (κ3) is 3.67. The highest BCUT2D eigenvalue weighted by molar-refractivity contribution is 7.93. The summed E-state index contributed by atoms with van der Waals surface area (Å²) < 4.78 is 12.3. The second kappa shape index (κ2) is 6.74. The third-order valence-electron chi connectivity index (χ3n) is 2.11. The van der Waals surface area contributed by atoms with Gasteiger partial charge in [-0.05, 0) is 12.8 Å². The molecule has 4 nitrogen and oxygen atoms in total. The highest BCUT2D eigenvalue weighted by Gasteiger charge is 2.18. The molecule has 0 aromatic carbocycles. The molecule has 88 valence electrons. The monoisotopic (exact) mass is 257 g/mol. The first-order valence-electron chi connectivity index (χ1n) is 5.23. The Morgan fingerprint density at radius 2 is 2.25 bits per heavy atom. The van der Waals surface area contributed by atoms with Crippen LogP contribution >= 0.6 is 11.3 Å². The molecule has 1 unspecified atom stereocenters. The molecule has 0 amide bonds. The molecule has 1 aromatic heterocycles. The molecule has 1 heterocycles. The van der Waals surface area contributed by atoms with Crippen molar-refractivity contribution in [2.45, 2.75) is 36.9 Å². The number of nitriles is 1. The molecule has 0 aliphatic heterocycles. The summed E-state index contributed by atoms with van der Waals surface area (Å²) in [5.74, 6) is 0.807. The highest BCUT2D eigenvalue weighted by Crippen LogP contribution is 2.24. The number of nitrogens with two attached hydrogens (primary N) is 1. The van der Waals surface area contributed by atoms with E-state index in [-0.39, 0.29) is 5.82 Å². The summed E-state index contributed by atoms with van der Waals surface area (Å²) in [4.78, 5) is 4.31. The summed E-state index contributed by atoms with van der Waals surface area (Å²) in [6.45, 7) is 2.14. The second-order valence-electron chi connectivity index (χ2n) is 3.42. The predicted molar refractivity (Wildman–Crippen MR) is 66.7 cm³/mol. The lowest BCUT2D eigenvalue weighted by Crippen LogP contribution is -2.06. The average molecular weight is 257 g/mol. The van der Waals surface area contributed by atoms with Crippen molar-refractivity contribution in [2.75, 3.05) is 11.5 Å². The quantitative estimate of drug-likeness (QED) is 0.625. The van der Waals surface area contributed by atoms with E-state index in [1.165, 1.54) is 6.42 Å². The molecule has 0 spiro atoms. The van der Waals surface area contributed by atoms with E-state index >= 15 is 0 Å². The minimum absolute atomic E-state index is 0.199. The van der Waals surface area contributed by atoms with Crippen molar-refractivity contribution >= 4 is 28.3 Å². The lowest BCUT2D eigenvalue weighted by atomic mass is 10.2. The number of anilines is 1. The van der Waals surface area contributed by atoms with E-state index in [2.05, 4.69) is 11.9 Å². The molecule has 0 fully saturated rings. The fourth-order valence-corrected chi connectivity index (χ4v) is 3.46. The van der Waals surface area contributed by atoms with Crippen LogP contribution in [0.15, 0.2) is 4.34 Å². The number of hydrogen-bond acceptors (Lipinski definition) is 5. The summed E-state index contributed by atoms with van der Waals surface area (Å²) in [5.41, 5.74) is 5.51. The lowest BCUT2D eigenvalue weighted by Gasteiger charge is -2.05. The van der Waals surface area contributed by atoms with Crippen LogP contribution in [-0.4, -0.2) is 15.3 Å². The molecular weight excluding hydrogens is 242 g/mol. The van der Waals surface area contributed by atoms with Crippen molar-refractivity contribution in [2.24, 2.45) is 0 Å². The van der Waals surface area contributed by atoms with Crippen LogP contribution in [0, 0.1) is 11.3 Å². The summed E-state index contributed by atoms with van der Waals surface area (Å²) in [6, 6.07) is 1.94. The van der Waals surface area contributed by atoms with Gasteiger partial charge in [0.1, 0.15) is 11.8 Å². The third-order valence-corrected chi connectivity index (χ3v) is 4.83. The van der Waals surface area contributed by atoms with Gasteiger partial charge in [0.15, 0.2) is 10.7 Å². The number of aromatic nitrogens is 1. The molecule has 1 atom stereocenters. The Morgan fingerprint density at radius 3 is 2.81 bits per heavy atom. The number of hydrogen-bond donors (Lipinski definition) is 1. The molecule has 0 radical (unpaired) electrons. The summed E-state index contributed by atoms with van der Waals surface area (Å²) in [7, 11) is 0. The number of rotatable bonds is 6. The van der Waals surface area contributed by atoms with Gasteiger partial charge < -0.3 is 10.3 Å². The van der Waals surface area contributed by atoms with Gasteiger partial charge >= 0.3 is 4.34 Å². The van der Waals surface area contributed by atoms with E-state index < -0.39 is 11.2 Å². The Kier molecular flexibility index (Phi) is 5.60. The molecular formula is C10H15N3OS2. The van der Waals surface area contributed by atoms with Gasteiger partial charge in [0.25, 0.3) is 0 Å². The smallest absolute Gasteiger partial charge is 0.304 e. The maximum absolute atomic E-state index is 11.8. The number of unbranched alkanes of at least 4 members (excludes halogenated alkanes) is 3. The zero-order valence-corrected chi connectivity index (χ0v) is 10.9. The number of nitrogens with zero attached hydrogens (tertiary/aromatic N) is 2. The first kappa shape index (κ1) is 13.3. The van der Waals surface area contributed by atoms with Crippen LogP contribution in [0.1, 0.15) is 37.5 Å². The van der Waals surface area contributed by atoms with E-state index in [4.69, 9.17) is 11.0 Å². The van der Waals surface area contributed by atoms with Crippen molar-refractivity contribution < 1.29 is 4.55 Å². The molecule has 16 heavy (non-hydrogen) atoms. The summed E-state index contributed by atoms with van der Waals surface area (Å²) >= 11 is 0.0324. The van der Waals surface area contributed by atoms with Crippen LogP contribution in [0.2, 0.25) is 0 Å². The van der Waals surface area contributed by atoms with E-state index in [0.29, 0.717) is 15.0 Å². The Morgan fingerprint density at radius 1 is 1.50 bits per heavy atom. The van der Waals surface area contributed by atoms with E-state index in [0.717, 1.165) is 30.6 Å². The molecule has 2 N–H and O–H groups in total. The average Bonchev–Trinajstić information content (AvgIpc) is 2.66. The van der Waals surface area contributed by atoms with Crippen LogP contribution in [0.4, 0.5) is 5.82 Å². The van der Waals surface area contributed by atoms with E-state index in [9.17, 15) is 4.55 Å². The second-order valence-corrected chi connectivity index (χ2v) is 6.16. The van der Waals surface area contributed by atoms with Gasteiger partial charge in [-0.3, -0.25) is 0 Å². The van der Waals surface area contributed by atoms with Crippen molar-refractivity contribution in [1.29, 1.82) is 5.26 Å². The van der Waals surface area contributed by atoms with Gasteiger partial charge in [0.05, 0.1) is 0 Å². The van der Waals surface area contributed by atoms with Crippen LogP contribution in [0.3, 0.4) is 0 Å². The maximum atomic E-state index is 11.8. The number of thiazole rings is 1. The zero-order chi connectivity index (χ0) is 12.0. The zero-order valence-electron chi connectivity index (χ0n) is 9.23. The van der Waals surface area contributed by atoms with Gasteiger partial charge in [0, 0.05) is 11.2 Å². The molecule has 0 bridgehead atoms. The molecule has 0 aliphatic rings. The van der Waals surface area contributed by atoms with Crippen LogP contribution in [0.25, 0.3) is 0 Å². The largest absolute Gasteiger partial charge is 0.610 e. The minimum Gasteiger partial charge on any atom is -0.610 e. The van der Waals surface area contributed by atoms with Gasteiger partial charge in [-0.25, -0.2) is 0 Å². The van der Waals surface area contributed by atoms with Crippen molar-refractivity contribution in [3.05, 3.63) is 4.88 Å². The molecule has 1 rings (SSSR count). The van der Waals surface area contributed by atoms with Crippen LogP contribution < -0.4 is 5.73 Å². The number of nitrogen functional groups attached to an aromatic ring is 1. The van der Waals surface area contributed by atoms with E-state index in [1.54, 1.807) is 0 Å². The fraction of sp³-hybridized carbons (Fsp3) is 0.600. The van der Waals surface area contributed by atoms with Crippen molar-refractivity contribution in [3.8, 4) is 6.07 Å². The van der Waals surface area contributed by atoms with Crippen LogP contribution in [-0.2, 0) is 11.2 Å². The Hall–Kier alpha value is -0.770. The van der Waals surface area contributed by atoms with Gasteiger partial charge in [-0.2, -0.15) is 10.2 Å². The fourth-order valence-electron chi connectivity index (χ4n) is 1.24. The first-order chi connectivity index (χ1) is 7.69.